The van der Waals surface area contributed by atoms with Gasteiger partial charge in [0.05, 0.1) is 0 Å². The molecular formula is C8H22Si3. The van der Waals surface area contributed by atoms with Gasteiger partial charge in [0, 0.05) is 25.7 Å². The Labute approximate surface area is 76.6 Å². The van der Waals surface area contributed by atoms with Gasteiger partial charge in [0.2, 0.25) is 0 Å². The van der Waals surface area contributed by atoms with Crippen LogP contribution in [-0.4, -0.2) is 25.7 Å². The van der Waals surface area contributed by atoms with Gasteiger partial charge < -0.3 is 0 Å². The summed E-state index contributed by atoms with van der Waals surface area (Å²) in [5.74, 6) is 0. The van der Waals surface area contributed by atoms with Crippen LogP contribution in [0.2, 0.25) is 50.6 Å². The molecule has 0 aromatic heterocycles. The van der Waals surface area contributed by atoms with Crippen molar-refractivity contribution in [2.24, 2.45) is 0 Å². The zero-order chi connectivity index (χ0) is 9.07. The molecule has 3 heteroatoms. The maximum Gasteiger partial charge on any atom is 0.0417 e. The Morgan fingerprint density at radius 2 is 1.09 bits per heavy atom. The van der Waals surface area contributed by atoms with E-state index in [-0.39, 0.29) is 17.6 Å². The highest BCUT2D eigenvalue weighted by Crippen LogP contribution is 2.18. The first-order valence-corrected chi connectivity index (χ1v) is 13.2. The average molecular weight is 203 g/mol. The molecule has 0 aromatic carbocycles. The van der Waals surface area contributed by atoms with Gasteiger partial charge in [-0.15, -0.1) is 0 Å². The van der Waals surface area contributed by atoms with Crippen LogP contribution in [0.3, 0.4) is 0 Å². The van der Waals surface area contributed by atoms with Gasteiger partial charge in [0.1, 0.15) is 0 Å². The lowest BCUT2D eigenvalue weighted by Crippen LogP contribution is -2.34. The van der Waals surface area contributed by atoms with E-state index in [9.17, 15) is 0 Å². The summed E-state index contributed by atoms with van der Waals surface area (Å²) in [6.07, 6.45) is 0. The van der Waals surface area contributed by atoms with E-state index in [1.807, 2.05) is 0 Å². The molecule has 0 aliphatic carbocycles. The smallest absolute Gasteiger partial charge is 0.0417 e. The van der Waals surface area contributed by atoms with Crippen LogP contribution in [0.1, 0.15) is 0 Å². The van der Waals surface area contributed by atoms with Crippen molar-refractivity contribution in [3.63, 3.8) is 0 Å². The van der Waals surface area contributed by atoms with Crippen molar-refractivity contribution in [1.82, 2.24) is 0 Å². The third-order valence-corrected chi connectivity index (χ3v) is 15.0. The van der Waals surface area contributed by atoms with Crippen LogP contribution >= 0.6 is 0 Å². The third-order valence-electron chi connectivity index (χ3n) is 1.66. The van der Waals surface area contributed by atoms with E-state index in [0.717, 1.165) is 0 Å². The minimum absolute atomic E-state index is 0.0413. The Morgan fingerprint density at radius 3 is 1.27 bits per heavy atom. The van der Waals surface area contributed by atoms with E-state index in [1.54, 1.807) is 11.3 Å². The lowest BCUT2D eigenvalue weighted by Gasteiger charge is -2.25. The van der Waals surface area contributed by atoms with E-state index < -0.39 is 8.07 Å². The highest BCUT2D eigenvalue weighted by molar-refractivity contribution is 6.94. The van der Waals surface area contributed by atoms with Gasteiger partial charge in [0.25, 0.3) is 0 Å². The predicted octanol–water partition coefficient (Wildman–Crippen LogP) is 3.28. The second-order valence-corrected chi connectivity index (χ2v) is 16.9. The van der Waals surface area contributed by atoms with Crippen molar-refractivity contribution in [2.75, 3.05) is 0 Å². The number of hydrogen-bond acceptors (Lipinski definition) is 0. The summed E-state index contributed by atoms with van der Waals surface area (Å²) in [5, 5.41) is 0. The topological polar surface area (TPSA) is 0 Å². The molecule has 0 fully saturated rings. The molecule has 0 atom stereocenters. The van der Waals surface area contributed by atoms with Crippen molar-refractivity contribution in [1.29, 1.82) is 0 Å². The van der Waals surface area contributed by atoms with Crippen molar-refractivity contribution < 1.29 is 0 Å². The lowest BCUT2D eigenvalue weighted by molar-refractivity contribution is 1.52. The van der Waals surface area contributed by atoms with Crippen LogP contribution < -0.4 is 0 Å². The molecule has 0 nitrogen and oxygen atoms in total. The van der Waals surface area contributed by atoms with Gasteiger partial charge >= 0.3 is 0 Å². The molecule has 0 spiro atoms. The minimum atomic E-state index is -0.739. The summed E-state index contributed by atoms with van der Waals surface area (Å²) < 4.78 is 0. The molecule has 0 heterocycles. The van der Waals surface area contributed by atoms with Crippen LogP contribution in [0.25, 0.3) is 0 Å². The molecule has 2 radical (unpaired) electrons. The molecule has 0 saturated heterocycles. The molecule has 0 aliphatic heterocycles. The lowest BCUT2D eigenvalue weighted by atomic mass is 11.7. The molecule has 0 saturated carbocycles. The van der Waals surface area contributed by atoms with Crippen molar-refractivity contribution in [3.8, 4) is 0 Å². The third kappa shape index (κ3) is 7.03. The summed E-state index contributed by atoms with van der Waals surface area (Å²) in [5.41, 5.74) is 3.24. The summed E-state index contributed by atoms with van der Waals surface area (Å²) >= 11 is 0. The van der Waals surface area contributed by atoms with Crippen LogP contribution in [0.4, 0.5) is 0 Å². The van der Waals surface area contributed by atoms with Crippen molar-refractivity contribution in [2.45, 2.75) is 50.6 Å². The fraction of sp³-hybridized carbons (Fsp3) is 1.00. The van der Waals surface area contributed by atoms with Crippen LogP contribution in [0.15, 0.2) is 0 Å². The largest absolute Gasteiger partial charge is 0.0715 e. The molecule has 0 bridgehead atoms. The molecule has 0 aliphatic rings. The first-order valence-electron chi connectivity index (χ1n) is 4.41. The van der Waals surface area contributed by atoms with E-state index in [0.29, 0.717) is 0 Å². The molecule has 66 valence electrons. The van der Waals surface area contributed by atoms with Gasteiger partial charge in [0.15, 0.2) is 0 Å². The quantitative estimate of drug-likeness (QED) is 0.614. The molecule has 0 N–H and O–H groups in total. The molecule has 0 aromatic rings. The molecule has 0 amide bonds. The van der Waals surface area contributed by atoms with E-state index >= 15 is 0 Å². The molecule has 11 heavy (non-hydrogen) atoms. The summed E-state index contributed by atoms with van der Waals surface area (Å²) in [7, 11) is -0.656. The highest BCUT2D eigenvalue weighted by atomic mass is 28.4. The Balaban J connectivity index is 3.79. The minimum Gasteiger partial charge on any atom is -0.0715 e. The van der Waals surface area contributed by atoms with Crippen LogP contribution in [0, 0.1) is 0 Å². The van der Waals surface area contributed by atoms with E-state index in [1.165, 1.54) is 0 Å². The SMILES string of the molecule is C[Si](C)C[Si](C)(C)C[Si](C)C. The van der Waals surface area contributed by atoms with Crippen LogP contribution in [-0.2, 0) is 0 Å². The standard InChI is InChI=1S/C8H22Si3/c1-9(2)7-11(5,6)8-10(3)4/h7-8H2,1-6H3. The first-order chi connectivity index (χ1) is 4.83. The Hall–Kier alpha value is 0.651. The van der Waals surface area contributed by atoms with Gasteiger partial charge in [-0.05, 0) is 0 Å². The second-order valence-electron chi connectivity index (χ2n) is 4.93. The van der Waals surface area contributed by atoms with Gasteiger partial charge in [-0.25, -0.2) is 0 Å². The van der Waals surface area contributed by atoms with Gasteiger partial charge in [-0.3, -0.25) is 0 Å². The van der Waals surface area contributed by atoms with E-state index in [4.69, 9.17) is 0 Å². The fourth-order valence-electron chi connectivity index (χ4n) is 1.98. The normalized spacial score (nSPS) is 13.1. The second kappa shape index (κ2) is 4.62. The number of hydrogen-bond donors (Lipinski definition) is 0. The monoisotopic (exact) mass is 202 g/mol. The fourth-order valence-corrected chi connectivity index (χ4v) is 18.9. The van der Waals surface area contributed by atoms with E-state index in [2.05, 4.69) is 39.3 Å². The Morgan fingerprint density at radius 1 is 0.818 bits per heavy atom. The van der Waals surface area contributed by atoms with Crippen LogP contribution in [0.5, 0.6) is 0 Å². The van der Waals surface area contributed by atoms with Crippen molar-refractivity contribution >= 4 is 25.7 Å². The maximum absolute atomic E-state index is 2.57. The molecule has 0 rings (SSSR count). The summed E-state index contributed by atoms with van der Waals surface area (Å²) in [4.78, 5) is 0. The number of rotatable bonds is 4. The van der Waals surface area contributed by atoms with Gasteiger partial charge in [-0.1, -0.05) is 50.6 Å². The zero-order valence-corrected chi connectivity index (χ0v) is 11.9. The molecular weight excluding hydrogens is 180 g/mol. The average Bonchev–Trinajstić information content (AvgIpc) is 1.53. The maximum atomic E-state index is 2.57. The van der Waals surface area contributed by atoms with Crippen molar-refractivity contribution in [3.05, 3.63) is 0 Å². The highest BCUT2D eigenvalue weighted by Gasteiger charge is 2.23. The summed E-state index contributed by atoms with van der Waals surface area (Å²) in [6.45, 7) is 15.0. The summed E-state index contributed by atoms with van der Waals surface area (Å²) in [6, 6.07) is 0. The zero-order valence-electron chi connectivity index (χ0n) is 8.91. The Kier molecular flexibility index (Phi) is 4.89. The Bertz CT molecular complexity index is 95.9. The van der Waals surface area contributed by atoms with Gasteiger partial charge in [-0.2, -0.15) is 0 Å². The first kappa shape index (κ1) is 11.7. The molecule has 0 unspecified atom stereocenters. The predicted molar refractivity (Wildman–Crippen MR) is 62.1 cm³/mol.